The third-order valence-corrected chi connectivity index (χ3v) is 5.90. The summed E-state index contributed by atoms with van der Waals surface area (Å²) < 4.78 is 5.14. The van der Waals surface area contributed by atoms with Crippen molar-refractivity contribution in [2.24, 2.45) is 0 Å². The van der Waals surface area contributed by atoms with Gasteiger partial charge in [0.25, 0.3) is 5.91 Å². The van der Waals surface area contributed by atoms with E-state index in [0.29, 0.717) is 23.5 Å². The highest BCUT2D eigenvalue weighted by Crippen LogP contribution is 2.28. The van der Waals surface area contributed by atoms with Gasteiger partial charge in [0.1, 0.15) is 5.75 Å². The number of ether oxygens (including phenoxy) is 1. The Morgan fingerprint density at radius 3 is 2.24 bits per heavy atom. The fourth-order valence-electron chi connectivity index (χ4n) is 3.96. The molecule has 1 saturated heterocycles. The largest absolute Gasteiger partial charge is 0.497 e. The standard InChI is InChI=1S/C25H35N5O3/c1-4-29(5-2)17-14-26-24(31)22-18-20(10-13-23(22)30-15-6-7-16-30)28-25(32)27-19-8-11-21(33-3)12-9-19/h8-13,18H,4-7,14-17H2,1-3H3,(H,26,31)(H2,27,28,32). The first-order valence-electron chi connectivity index (χ1n) is 11.7. The van der Waals surface area contributed by atoms with Crippen molar-refractivity contribution < 1.29 is 14.3 Å². The van der Waals surface area contributed by atoms with Crippen molar-refractivity contribution >= 4 is 29.0 Å². The summed E-state index contributed by atoms with van der Waals surface area (Å²) in [6.07, 6.45) is 2.24. The van der Waals surface area contributed by atoms with E-state index in [1.54, 1.807) is 37.4 Å². The van der Waals surface area contributed by atoms with Crippen LogP contribution in [-0.4, -0.2) is 63.2 Å². The Bertz CT molecular complexity index is 922. The van der Waals surface area contributed by atoms with E-state index in [9.17, 15) is 9.59 Å². The van der Waals surface area contributed by atoms with E-state index in [0.717, 1.165) is 57.0 Å². The summed E-state index contributed by atoms with van der Waals surface area (Å²) in [5.74, 6) is 0.596. The zero-order valence-electron chi connectivity index (χ0n) is 19.8. The molecular weight excluding hydrogens is 418 g/mol. The van der Waals surface area contributed by atoms with Gasteiger partial charge in [0, 0.05) is 43.2 Å². The lowest BCUT2D eigenvalue weighted by Gasteiger charge is -2.23. The molecule has 0 atom stereocenters. The third-order valence-electron chi connectivity index (χ3n) is 5.90. The number of anilines is 3. The van der Waals surface area contributed by atoms with Crippen molar-refractivity contribution in [1.82, 2.24) is 10.2 Å². The average Bonchev–Trinajstić information content (AvgIpc) is 3.37. The van der Waals surface area contributed by atoms with Crippen LogP contribution < -0.4 is 25.6 Å². The fourth-order valence-corrected chi connectivity index (χ4v) is 3.96. The molecule has 3 N–H and O–H groups in total. The van der Waals surface area contributed by atoms with Crippen molar-refractivity contribution in [3.63, 3.8) is 0 Å². The number of carbonyl (C=O) groups excluding carboxylic acids is 2. The maximum Gasteiger partial charge on any atom is 0.323 e. The summed E-state index contributed by atoms with van der Waals surface area (Å²) in [6, 6.07) is 12.2. The molecule has 0 saturated carbocycles. The molecule has 0 aliphatic carbocycles. The van der Waals surface area contributed by atoms with Crippen LogP contribution in [0.2, 0.25) is 0 Å². The van der Waals surface area contributed by atoms with Gasteiger partial charge in [-0.2, -0.15) is 0 Å². The Morgan fingerprint density at radius 2 is 1.61 bits per heavy atom. The number of hydrogen-bond acceptors (Lipinski definition) is 5. The normalized spacial score (nSPS) is 13.2. The molecule has 1 aliphatic rings. The van der Waals surface area contributed by atoms with Crippen LogP contribution in [0.3, 0.4) is 0 Å². The number of carbonyl (C=O) groups is 2. The number of amides is 3. The van der Waals surface area contributed by atoms with E-state index in [1.807, 2.05) is 12.1 Å². The number of hydrogen-bond donors (Lipinski definition) is 3. The maximum absolute atomic E-state index is 13.1. The van der Waals surface area contributed by atoms with Crippen LogP contribution in [0.15, 0.2) is 42.5 Å². The minimum absolute atomic E-state index is 0.122. The quantitative estimate of drug-likeness (QED) is 0.506. The molecule has 1 heterocycles. The molecule has 1 aliphatic heterocycles. The van der Waals surface area contributed by atoms with Gasteiger partial charge in [-0.05, 0) is 68.4 Å². The van der Waals surface area contributed by atoms with Gasteiger partial charge in [-0.1, -0.05) is 13.8 Å². The molecule has 1 fully saturated rings. The number of nitrogens with one attached hydrogen (secondary N) is 3. The molecule has 2 aromatic carbocycles. The minimum Gasteiger partial charge on any atom is -0.497 e. The van der Waals surface area contributed by atoms with Gasteiger partial charge in [0.15, 0.2) is 0 Å². The first kappa shape index (κ1) is 24.4. The van der Waals surface area contributed by atoms with E-state index in [1.165, 1.54) is 0 Å². The van der Waals surface area contributed by atoms with E-state index in [2.05, 4.69) is 39.6 Å². The molecule has 0 bridgehead atoms. The van der Waals surface area contributed by atoms with Crippen molar-refractivity contribution in [2.45, 2.75) is 26.7 Å². The van der Waals surface area contributed by atoms with E-state index < -0.39 is 0 Å². The Kier molecular flexibility index (Phi) is 8.95. The van der Waals surface area contributed by atoms with Crippen LogP contribution in [-0.2, 0) is 0 Å². The molecule has 3 amide bonds. The number of likely N-dealkylation sites (N-methyl/N-ethyl adjacent to an activating group) is 1. The molecular formula is C25H35N5O3. The van der Waals surface area contributed by atoms with Crippen molar-refractivity contribution in [2.75, 3.05) is 61.9 Å². The maximum atomic E-state index is 13.1. The zero-order valence-corrected chi connectivity index (χ0v) is 19.8. The lowest BCUT2D eigenvalue weighted by Crippen LogP contribution is -2.35. The molecule has 178 valence electrons. The zero-order chi connectivity index (χ0) is 23.6. The monoisotopic (exact) mass is 453 g/mol. The minimum atomic E-state index is -0.373. The van der Waals surface area contributed by atoms with Crippen molar-refractivity contribution in [1.29, 1.82) is 0 Å². The highest BCUT2D eigenvalue weighted by atomic mass is 16.5. The summed E-state index contributed by atoms with van der Waals surface area (Å²) in [7, 11) is 1.60. The lowest BCUT2D eigenvalue weighted by molar-refractivity contribution is 0.0949. The van der Waals surface area contributed by atoms with Crippen molar-refractivity contribution in [3.8, 4) is 5.75 Å². The molecule has 0 radical (unpaired) electrons. The van der Waals surface area contributed by atoms with Crippen LogP contribution in [0.5, 0.6) is 5.75 Å². The molecule has 8 heteroatoms. The first-order chi connectivity index (χ1) is 16.0. The molecule has 0 unspecified atom stereocenters. The molecule has 33 heavy (non-hydrogen) atoms. The van der Waals surface area contributed by atoms with Crippen LogP contribution >= 0.6 is 0 Å². The van der Waals surface area contributed by atoms with Crippen LogP contribution in [0.25, 0.3) is 0 Å². The molecule has 0 aromatic heterocycles. The van der Waals surface area contributed by atoms with E-state index >= 15 is 0 Å². The van der Waals surface area contributed by atoms with Gasteiger partial charge < -0.3 is 30.5 Å². The molecule has 2 aromatic rings. The number of benzene rings is 2. The molecule has 3 rings (SSSR count). The van der Waals surface area contributed by atoms with Crippen LogP contribution in [0.1, 0.15) is 37.0 Å². The Labute approximate surface area is 196 Å². The number of methoxy groups -OCH3 is 1. The van der Waals surface area contributed by atoms with Gasteiger partial charge in [0.2, 0.25) is 0 Å². The number of nitrogens with zero attached hydrogens (tertiary/aromatic N) is 2. The Balaban J connectivity index is 1.70. The molecule has 0 spiro atoms. The Hall–Kier alpha value is -3.26. The van der Waals surface area contributed by atoms with Gasteiger partial charge in [-0.25, -0.2) is 4.79 Å². The summed E-state index contributed by atoms with van der Waals surface area (Å²) in [6.45, 7) is 9.39. The highest BCUT2D eigenvalue weighted by molar-refractivity contribution is 6.04. The third kappa shape index (κ3) is 6.86. The van der Waals surface area contributed by atoms with Crippen LogP contribution in [0.4, 0.5) is 21.9 Å². The summed E-state index contributed by atoms with van der Waals surface area (Å²) >= 11 is 0. The lowest BCUT2D eigenvalue weighted by atomic mass is 10.1. The molecule has 8 nitrogen and oxygen atoms in total. The van der Waals surface area contributed by atoms with Crippen molar-refractivity contribution in [3.05, 3.63) is 48.0 Å². The smallest absolute Gasteiger partial charge is 0.323 e. The van der Waals surface area contributed by atoms with E-state index in [4.69, 9.17) is 4.74 Å². The fraction of sp³-hybridized carbons (Fsp3) is 0.440. The van der Waals surface area contributed by atoms with Gasteiger partial charge in [-0.15, -0.1) is 0 Å². The summed E-state index contributed by atoms with van der Waals surface area (Å²) in [5, 5.41) is 8.68. The second kappa shape index (κ2) is 12.1. The topological polar surface area (TPSA) is 85.9 Å². The second-order valence-electron chi connectivity index (χ2n) is 8.02. The van der Waals surface area contributed by atoms with Gasteiger partial charge >= 0.3 is 6.03 Å². The highest BCUT2D eigenvalue weighted by Gasteiger charge is 2.20. The van der Waals surface area contributed by atoms with Gasteiger partial charge in [0.05, 0.1) is 12.7 Å². The van der Waals surface area contributed by atoms with Crippen LogP contribution in [0, 0.1) is 0 Å². The summed E-state index contributed by atoms with van der Waals surface area (Å²) in [4.78, 5) is 30.1. The van der Waals surface area contributed by atoms with Gasteiger partial charge in [-0.3, -0.25) is 4.79 Å². The first-order valence-corrected chi connectivity index (χ1v) is 11.7. The number of urea groups is 1. The Morgan fingerprint density at radius 1 is 0.970 bits per heavy atom. The number of rotatable bonds is 10. The predicted octanol–water partition coefficient (Wildman–Crippen LogP) is 4.01. The summed E-state index contributed by atoms with van der Waals surface area (Å²) in [5.41, 5.74) is 2.71. The second-order valence-corrected chi connectivity index (χ2v) is 8.02. The average molecular weight is 454 g/mol. The predicted molar refractivity (Wildman–Crippen MR) is 134 cm³/mol. The van der Waals surface area contributed by atoms with E-state index in [-0.39, 0.29) is 11.9 Å². The SMILES string of the molecule is CCN(CC)CCNC(=O)c1cc(NC(=O)Nc2ccc(OC)cc2)ccc1N1CCCC1.